The van der Waals surface area contributed by atoms with Crippen LogP contribution >= 0.6 is 0 Å². The van der Waals surface area contributed by atoms with E-state index in [1.165, 1.54) is 75.3 Å². The number of benzene rings is 2. The second kappa shape index (κ2) is 8.81. The quantitative estimate of drug-likeness (QED) is 0.578. The first-order valence-electron chi connectivity index (χ1n) is 10.9. The molecule has 2 aliphatic carbocycles. The molecule has 0 saturated heterocycles. The van der Waals surface area contributed by atoms with E-state index in [0.717, 1.165) is 11.4 Å². The number of hydrogen-bond acceptors (Lipinski definition) is 2. The highest BCUT2D eigenvalue weighted by Gasteiger charge is 2.20. The van der Waals surface area contributed by atoms with Crippen LogP contribution < -0.4 is 5.32 Å². The normalized spacial score (nSPS) is 18.7. The fourth-order valence-electron chi connectivity index (χ4n) is 4.95. The van der Waals surface area contributed by atoms with Crippen molar-refractivity contribution in [1.82, 2.24) is 0 Å². The lowest BCUT2D eigenvalue weighted by molar-refractivity contribution is 0.0697. The third-order valence-electron chi connectivity index (χ3n) is 6.55. The van der Waals surface area contributed by atoms with Gasteiger partial charge in [-0.25, -0.2) is 4.79 Å². The van der Waals surface area contributed by atoms with Gasteiger partial charge in [-0.3, -0.25) is 0 Å². The third-order valence-corrected chi connectivity index (χ3v) is 6.55. The Hall–Kier alpha value is -2.29. The summed E-state index contributed by atoms with van der Waals surface area (Å²) in [7, 11) is 0. The first-order chi connectivity index (χ1) is 13.7. The second-order valence-electron chi connectivity index (χ2n) is 8.57. The van der Waals surface area contributed by atoms with Crippen molar-refractivity contribution in [3.63, 3.8) is 0 Å². The first-order valence-corrected chi connectivity index (χ1v) is 10.9. The van der Waals surface area contributed by atoms with Crippen LogP contribution in [0.3, 0.4) is 0 Å². The standard InChI is InChI=1S/C25H31NO2/c27-25(28)20-11-13-23(14-12-20)26-24-16-21(18-7-3-1-4-8-18)15-22(17-24)19-9-5-2-6-10-19/h11-19,26H,1-10H2,(H,27,28). The molecule has 2 aromatic carbocycles. The maximum atomic E-state index is 11.1. The highest BCUT2D eigenvalue weighted by molar-refractivity contribution is 5.88. The summed E-state index contributed by atoms with van der Waals surface area (Å²) < 4.78 is 0. The molecule has 0 spiro atoms. The average Bonchev–Trinajstić information content (AvgIpc) is 2.75. The Labute approximate surface area is 168 Å². The van der Waals surface area contributed by atoms with Crippen molar-refractivity contribution in [2.75, 3.05) is 5.32 Å². The molecule has 0 unspecified atom stereocenters. The van der Waals surface area contributed by atoms with Gasteiger partial charge in [0, 0.05) is 11.4 Å². The number of rotatable bonds is 5. The van der Waals surface area contributed by atoms with Gasteiger partial charge < -0.3 is 10.4 Å². The van der Waals surface area contributed by atoms with E-state index in [1.807, 2.05) is 12.1 Å². The molecule has 4 rings (SSSR count). The summed E-state index contributed by atoms with van der Waals surface area (Å²) in [5.74, 6) is 0.491. The maximum absolute atomic E-state index is 11.1. The molecule has 28 heavy (non-hydrogen) atoms. The van der Waals surface area contributed by atoms with Gasteiger partial charge in [0.25, 0.3) is 0 Å². The van der Waals surface area contributed by atoms with E-state index in [2.05, 4.69) is 23.5 Å². The summed E-state index contributed by atoms with van der Waals surface area (Å²) in [6.45, 7) is 0. The lowest BCUT2D eigenvalue weighted by atomic mass is 9.79. The van der Waals surface area contributed by atoms with Crippen LogP contribution in [0.15, 0.2) is 42.5 Å². The van der Waals surface area contributed by atoms with Gasteiger partial charge in [0.05, 0.1) is 5.56 Å². The fourth-order valence-corrected chi connectivity index (χ4v) is 4.95. The molecule has 2 fully saturated rings. The Morgan fingerprint density at radius 2 is 1.21 bits per heavy atom. The monoisotopic (exact) mass is 377 g/mol. The SMILES string of the molecule is O=C(O)c1ccc(Nc2cc(C3CCCCC3)cc(C3CCCCC3)c2)cc1. The predicted octanol–water partition coefficient (Wildman–Crippen LogP) is 7.22. The van der Waals surface area contributed by atoms with E-state index in [4.69, 9.17) is 5.11 Å². The predicted molar refractivity (Wildman–Crippen MR) is 115 cm³/mol. The van der Waals surface area contributed by atoms with Gasteiger partial charge in [-0.2, -0.15) is 0 Å². The van der Waals surface area contributed by atoms with Crippen molar-refractivity contribution in [3.05, 3.63) is 59.2 Å². The van der Waals surface area contributed by atoms with Crippen molar-refractivity contribution >= 4 is 17.3 Å². The van der Waals surface area contributed by atoms with Crippen molar-refractivity contribution in [3.8, 4) is 0 Å². The molecule has 2 saturated carbocycles. The minimum atomic E-state index is -0.884. The van der Waals surface area contributed by atoms with E-state index < -0.39 is 5.97 Å². The summed E-state index contributed by atoms with van der Waals surface area (Å²) in [6.07, 6.45) is 13.4. The molecular formula is C25H31NO2. The van der Waals surface area contributed by atoms with Gasteiger partial charge in [-0.1, -0.05) is 44.6 Å². The van der Waals surface area contributed by atoms with Crippen LogP contribution in [0, 0.1) is 0 Å². The number of hydrogen-bond donors (Lipinski definition) is 2. The highest BCUT2D eigenvalue weighted by atomic mass is 16.4. The number of carboxylic acids is 1. The van der Waals surface area contributed by atoms with E-state index in [0.29, 0.717) is 17.4 Å². The zero-order chi connectivity index (χ0) is 19.3. The summed E-state index contributed by atoms with van der Waals surface area (Å²) in [6, 6.07) is 14.2. The summed E-state index contributed by atoms with van der Waals surface area (Å²) in [4.78, 5) is 11.1. The van der Waals surface area contributed by atoms with Gasteiger partial charge in [0.1, 0.15) is 0 Å². The molecule has 3 nitrogen and oxygen atoms in total. The molecule has 0 aromatic heterocycles. The highest BCUT2D eigenvalue weighted by Crippen LogP contribution is 2.39. The van der Waals surface area contributed by atoms with Crippen molar-refractivity contribution in [2.45, 2.75) is 76.0 Å². The molecule has 0 radical (unpaired) electrons. The van der Waals surface area contributed by atoms with Crippen LogP contribution in [0.5, 0.6) is 0 Å². The van der Waals surface area contributed by atoms with E-state index in [-0.39, 0.29) is 0 Å². The Bertz CT molecular complexity index is 764. The summed E-state index contributed by atoms with van der Waals surface area (Å²) in [5.41, 5.74) is 5.40. The topological polar surface area (TPSA) is 49.3 Å². The molecule has 0 amide bonds. The number of carboxylic acid groups (broad SMARTS) is 1. The first kappa shape index (κ1) is 19.0. The number of carbonyl (C=O) groups is 1. The van der Waals surface area contributed by atoms with Gasteiger partial charge in [0.2, 0.25) is 0 Å². The van der Waals surface area contributed by atoms with Crippen molar-refractivity contribution in [1.29, 1.82) is 0 Å². The van der Waals surface area contributed by atoms with Crippen LogP contribution in [-0.2, 0) is 0 Å². The van der Waals surface area contributed by atoms with Gasteiger partial charge in [-0.05, 0) is 85.0 Å². The number of aromatic carboxylic acids is 1. The van der Waals surface area contributed by atoms with Crippen LogP contribution in [0.4, 0.5) is 11.4 Å². The molecule has 0 bridgehead atoms. The fraction of sp³-hybridized carbons (Fsp3) is 0.480. The Morgan fingerprint density at radius 1 is 0.714 bits per heavy atom. The molecule has 2 aromatic rings. The Balaban J connectivity index is 1.61. The van der Waals surface area contributed by atoms with E-state index in [9.17, 15) is 4.79 Å². The number of anilines is 2. The summed E-state index contributed by atoms with van der Waals surface area (Å²) >= 11 is 0. The maximum Gasteiger partial charge on any atom is 0.335 e. The zero-order valence-corrected chi connectivity index (χ0v) is 16.6. The van der Waals surface area contributed by atoms with Crippen LogP contribution in [-0.4, -0.2) is 11.1 Å². The van der Waals surface area contributed by atoms with Crippen LogP contribution in [0.2, 0.25) is 0 Å². The molecular weight excluding hydrogens is 346 g/mol. The summed E-state index contributed by atoms with van der Waals surface area (Å²) in [5, 5.41) is 12.6. The molecule has 2 aliphatic rings. The molecule has 3 heteroatoms. The molecule has 2 N–H and O–H groups in total. The lowest BCUT2D eigenvalue weighted by Gasteiger charge is -2.27. The average molecular weight is 378 g/mol. The van der Waals surface area contributed by atoms with Crippen LogP contribution in [0.1, 0.15) is 97.5 Å². The van der Waals surface area contributed by atoms with Gasteiger partial charge >= 0.3 is 5.97 Å². The number of nitrogens with one attached hydrogen (secondary N) is 1. The minimum Gasteiger partial charge on any atom is -0.478 e. The third kappa shape index (κ3) is 4.57. The van der Waals surface area contributed by atoms with Crippen molar-refractivity contribution < 1.29 is 9.90 Å². The van der Waals surface area contributed by atoms with E-state index in [1.54, 1.807) is 12.1 Å². The molecule has 0 aliphatic heterocycles. The zero-order valence-electron chi connectivity index (χ0n) is 16.6. The smallest absolute Gasteiger partial charge is 0.335 e. The molecule has 148 valence electrons. The molecule has 0 atom stereocenters. The second-order valence-corrected chi connectivity index (χ2v) is 8.57. The van der Waals surface area contributed by atoms with E-state index >= 15 is 0 Å². The van der Waals surface area contributed by atoms with Gasteiger partial charge in [0.15, 0.2) is 0 Å². The van der Waals surface area contributed by atoms with Gasteiger partial charge in [-0.15, -0.1) is 0 Å². The largest absolute Gasteiger partial charge is 0.478 e. The Kier molecular flexibility index (Phi) is 5.99. The molecule has 0 heterocycles. The Morgan fingerprint density at radius 3 is 1.68 bits per heavy atom. The lowest BCUT2D eigenvalue weighted by Crippen LogP contribution is -2.09. The van der Waals surface area contributed by atoms with Crippen molar-refractivity contribution in [2.24, 2.45) is 0 Å². The van der Waals surface area contributed by atoms with Crippen LogP contribution in [0.25, 0.3) is 0 Å². The minimum absolute atomic E-state index is 0.324.